The second-order valence-corrected chi connectivity index (χ2v) is 5.91. The molecule has 0 heterocycles. The molecule has 0 atom stereocenters. The number of nitrogens with one attached hydrogen (secondary N) is 1. The van der Waals surface area contributed by atoms with Gasteiger partial charge in [-0.15, -0.1) is 0 Å². The summed E-state index contributed by atoms with van der Waals surface area (Å²) < 4.78 is 5.83. The highest BCUT2D eigenvalue weighted by Crippen LogP contribution is 2.29. The topological polar surface area (TPSA) is 62.1 Å². The summed E-state index contributed by atoms with van der Waals surface area (Å²) in [7, 11) is 1.56. The third kappa shape index (κ3) is 3.13. The van der Waals surface area contributed by atoms with E-state index >= 15 is 0 Å². The van der Waals surface area contributed by atoms with Crippen LogP contribution >= 0.6 is 15.9 Å². The number of methoxy groups -OCH3 is 1. The van der Waals surface area contributed by atoms with E-state index in [2.05, 4.69) is 27.3 Å². The van der Waals surface area contributed by atoms with Gasteiger partial charge in [0.2, 0.25) is 0 Å². The van der Waals surface area contributed by atoms with Crippen molar-refractivity contribution in [2.75, 3.05) is 7.11 Å². The predicted molar refractivity (Wildman–Crippen MR) is 79.6 cm³/mol. The monoisotopic (exact) mass is 336 g/mol. The number of hydrogen-bond acceptors (Lipinski definition) is 3. The number of nitriles is 1. The zero-order valence-corrected chi connectivity index (χ0v) is 13.0. The van der Waals surface area contributed by atoms with Crippen LogP contribution in [-0.2, 0) is 0 Å². The minimum Gasteiger partial charge on any atom is -0.497 e. The molecule has 1 amide bonds. The number of hydrogen-bond donors (Lipinski definition) is 1. The Morgan fingerprint density at radius 3 is 2.70 bits per heavy atom. The normalized spacial score (nSPS) is 17.1. The highest BCUT2D eigenvalue weighted by Gasteiger charge is 2.34. The molecule has 1 saturated carbocycles. The van der Waals surface area contributed by atoms with Gasteiger partial charge in [-0.25, -0.2) is 0 Å². The Bertz CT molecular complexity index is 545. The Labute approximate surface area is 127 Å². The summed E-state index contributed by atoms with van der Waals surface area (Å²) >= 11 is 3.37. The summed E-state index contributed by atoms with van der Waals surface area (Å²) in [5, 5.41) is 12.3. The van der Waals surface area contributed by atoms with Crippen LogP contribution in [0.4, 0.5) is 0 Å². The molecule has 0 saturated heterocycles. The number of carbonyl (C=O) groups is 1. The number of ether oxygens (including phenoxy) is 1. The van der Waals surface area contributed by atoms with E-state index in [1.165, 1.54) is 0 Å². The van der Waals surface area contributed by atoms with E-state index < -0.39 is 5.54 Å². The van der Waals surface area contributed by atoms with Crippen LogP contribution in [-0.4, -0.2) is 18.6 Å². The number of rotatable bonds is 3. The summed E-state index contributed by atoms with van der Waals surface area (Å²) in [5.74, 6) is 0.382. The van der Waals surface area contributed by atoms with Crippen LogP contribution in [0.3, 0.4) is 0 Å². The summed E-state index contributed by atoms with van der Waals surface area (Å²) in [6, 6.07) is 7.51. The van der Waals surface area contributed by atoms with Gasteiger partial charge in [-0.05, 0) is 47.0 Å². The van der Waals surface area contributed by atoms with E-state index in [1.54, 1.807) is 25.3 Å². The lowest BCUT2D eigenvalue weighted by molar-refractivity contribution is 0.0901. The third-order valence-electron chi connectivity index (χ3n) is 3.69. The molecule has 0 aromatic heterocycles. The molecule has 0 spiro atoms. The quantitative estimate of drug-likeness (QED) is 0.919. The van der Waals surface area contributed by atoms with Crippen molar-refractivity contribution in [1.29, 1.82) is 5.26 Å². The van der Waals surface area contributed by atoms with Gasteiger partial charge in [-0.1, -0.05) is 19.3 Å². The molecule has 0 radical (unpaired) electrons. The fourth-order valence-corrected chi connectivity index (χ4v) is 2.94. The molecule has 1 aromatic rings. The standard InChI is InChI=1S/C15H17BrN2O2/c1-20-11-5-6-13(16)12(9-11)14(19)18-15(10-17)7-3-2-4-8-15/h5-6,9H,2-4,7-8H2,1H3,(H,18,19). The first-order valence-electron chi connectivity index (χ1n) is 6.67. The van der Waals surface area contributed by atoms with E-state index in [0.29, 0.717) is 15.8 Å². The van der Waals surface area contributed by atoms with Gasteiger partial charge in [-0.2, -0.15) is 5.26 Å². The highest BCUT2D eigenvalue weighted by molar-refractivity contribution is 9.10. The Kier molecular flexibility index (Phi) is 4.66. The number of carbonyl (C=O) groups excluding carboxylic acids is 1. The van der Waals surface area contributed by atoms with E-state index in [-0.39, 0.29) is 5.91 Å². The van der Waals surface area contributed by atoms with Crippen molar-refractivity contribution < 1.29 is 9.53 Å². The fourth-order valence-electron chi connectivity index (χ4n) is 2.51. The van der Waals surface area contributed by atoms with Crippen molar-refractivity contribution >= 4 is 21.8 Å². The van der Waals surface area contributed by atoms with Crippen molar-refractivity contribution in [3.63, 3.8) is 0 Å². The SMILES string of the molecule is COc1ccc(Br)c(C(=O)NC2(C#N)CCCCC2)c1. The average molecular weight is 337 g/mol. The van der Waals surface area contributed by atoms with E-state index in [4.69, 9.17) is 4.74 Å². The number of halogens is 1. The van der Waals surface area contributed by atoms with Gasteiger partial charge in [0.25, 0.3) is 5.91 Å². The lowest BCUT2D eigenvalue weighted by Gasteiger charge is -2.31. The molecule has 1 aromatic carbocycles. The zero-order chi connectivity index (χ0) is 14.6. The summed E-state index contributed by atoms with van der Waals surface area (Å²) in [4.78, 5) is 12.4. The smallest absolute Gasteiger partial charge is 0.253 e. The first-order chi connectivity index (χ1) is 9.60. The molecular weight excluding hydrogens is 320 g/mol. The van der Waals surface area contributed by atoms with Crippen LogP contribution in [0, 0.1) is 11.3 Å². The van der Waals surface area contributed by atoms with Gasteiger partial charge < -0.3 is 10.1 Å². The van der Waals surface area contributed by atoms with Crippen LogP contribution in [0.5, 0.6) is 5.75 Å². The van der Waals surface area contributed by atoms with Crippen molar-refractivity contribution in [3.8, 4) is 11.8 Å². The lowest BCUT2D eigenvalue weighted by Crippen LogP contribution is -2.48. The largest absolute Gasteiger partial charge is 0.497 e. The zero-order valence-electron chi connectivity index (χ0n) is 11.4. The van der Waals surface area contributed by atoms with Crippen molar-refractivity contribution in [1.82, 2.24) is 5.32 Å². The molecular formula is C15H17BrN2O2. The Balaban J connectivity index is 2.21. The second-order valence-electron chi connectivity index (χ2n) is 5.05. The molecule has 20 heavy (non-hydrogen) atoms. The average Bonchev–Trinajstić information content (AvgIpc) is 2.48. The molecule has 1 aliphatic rings. The third-order valence-corrected chi connectivity index (χ3v) is 4.38. The molecule has 1 aliphatic carbocycles. The van der Waals surface area contributed by atoms with Gasteiger partial charge in [0.05, 0.1) is 18.7 Å². The van der Waals surface area contributed by atoms with E-state index in [1.807, 2.05) is 0 Å². The van der Waals surface area contributed by atoms with Crippen molar-refractivity contribution in [3.05, 3.63) is 28.2 Å². The molecule has 5 heteroatoms. The van der Waals surface area contributed by atoms with Crippen LogP contribution in [0.25, 0.3) is 0 Å². The molecule has 0 bridgehead atoms. The lowest BCUT2D eigenvalue weighted by atomic mass is 9.82. The van der Waals surface area contributed by atoms with Crippen LogP contribution in [0.2, 0.25) is 0 Å². The molecule has 0 unspecified atom stereocenters. The van der Waals surface area contributed by atoms with E-state index in [9.17, 15) is 10.1 Å². The predicted octanol–water partition coefficient (Wildman–Crippen LogP) is 3.41. The maximum absolute atomic E-state index is 12.4. The molecule has 4 nitrogen and oxygen atoms in total. The van der Waals surface area contributed by atoms with E-state index in [0.717, 1.165) is 32.1 Å². The number of nitrogens with zero attached hydrogens (tertiary/aromatic N) is 1. The molecule has 2 rings (SSSR count). The second kappa shape index (κ2) is 6.27. The van der Waals surface area contributed by atoms with Gasteiger partial charge in [0, 0.05) is 4.47 Å². The van der Waals surface area contributed by atoms with Crippen molar-refractivity contribution in [2.45, 2.75) is 37.6 Å². The summed E-state index contributed by atoms with van der Waals surface area (Å²) in [6.07, 6.45) is 4.52. The molecule has 0 aliphatic heterocycles. The Hall–Kier alpha value is -1.54. The minimum absolute atomic E-state index is 0.237. The van der Waals surface area contributed by atoms with Gasteiger partial charge in [0.1, 0.15) is 11.3 Å². The Morgan fingerprint density at radius 1 is 1.40 bits per heavy atom. The van der Waals surface area contributed by atoms with Crippen LogP contribution in [0.15, 0.2) is 22.7 Å². The fraction of sp³-hybridized carbons (Fsp3) is 0.467. The van der Waals surface area contributed by atoms with Crippen LogP contribution < -0.4 is 10.1 Å². The summed E-state index contributed by atoms with van der Waals surface area (Å²) in [5.41, 5.74) is -0.234. The maximum Gasteiger partial charge on any atom is 0.253 e. The van der Waals surface area contributed by atoms with Gasteiger partial charge >= 0.3 is 0 Å². The van der Waals surface area contributed by atoms with Crippen LogP contribution in [0.1, 0.15) is 42.5 Å². The minimum atomic E-state index is -0.724. The van der Waals surface area contributed by atoms with Gasteiger partial charge in [0.15, 0.2) is 0 Å². The summed E-state index contributed by atoms with van der Waals surface area (Å²) in [6.45, 7) is 0. The molecule has 1 N–H and O–H groups in total. The first-order valence-corrected chi connectivity index (χ1v) is 7.47. The molecule has 106 valence electrons. The maximum atomic E-state index is 12.4. The number of benzene rings is 1. The Morgan fingerprint density at radius 2 is 2.10 bits per heavy atom. The highest BCUT2D eigenvalue weighted by atomic mass is 79.9. The first kappa shape index (κ1) is 14.9. The molecule has 1 fully saturated rings. The van der Waals surface area contributed by atoms with Crippen molar-refractivity contribution in [2.24, 2.45) is 0 Å². The van der Waals surface area contributed by atoms with Gasteiger partial charge in [-0.3, -0.25) is 4.79 Å². The number of amides is 1.